The van der Waals surface area contributed by atoms with E-state index in [1.807, 2.05) is 37.7 Å². The Morgan fingerprint density at radius 3 is 2.68 bits per heavy atom. The number of likely N-dealkylation sites (tertiary alicyclic amines) is 1. The van der Waals surface area contributed by atoms with Crippen molar-refractivity contribution in [2.24, 2.45) is 11.3 Å². The van der Waals surface area contributed by atoms with Crippen LogP contribution in [0.1, 0.15) is 32.8 Å². The molecule has 0 saturated carbocycles. The first-order valence-electron chi connectivity index (χ1n) is 9.01. The van der Waals surface area contributed by atoms with Gasteiger partial charge in [0.15, 0.2) is 0 Å². The average molecular weight is 340 g/mol. The third-order valence-corrected chi connectivity index (χ3v) is 4.71. The molecule has 1 aliphatic heterocycles. The number of carbonyl (C=O) groups excluding carboxylic acids is 1. The van der Waals surface area contributed by atoms with Gasteiger partial charge in [-0.1, -0.05) is 32.9 Å². The molecule has 1 aromatic carbocycles. The van der Waals surface area contributed by atoms with Crippen molar-refractivity contribution >= 4 is 5.91 Å². The van der Waals surface area contributed by atoms with Crippen molar-refractivity contribution in [3.8, 4) is 5.69 Å². The van der Waals surface area contributed by atoms with Crippen LogP contribution < -0.4 is 5.32 Å². The molecule has 5 nitrogen and oxygen atoms in total. The highest BCUT2D eigenvalue weighted by Gasteiger charge is 2.25. The van der Waals surface area contributed by atoms with E-state index in [4.69, 9.17) is 0 Å². The van der Waals surface area contributed by atoms with Crippen molar-refractivity contribution in [3.05, 3.63) is 48.3 Å². The van der Waals surface area contributed by atoms with Gasteiger partial charge >= 0.3 is 0 Å². The zero-order chi connectivity index (χ0) is 17.9. The van der Waals surface area contributed by atoms with Crippen LogP contribution >= 0.6 is 0 Å². The summed E-state index contributed by atoms with van der Waals surface area (Å²) in [4.78, 5) is 14.5. The van der Waals surface area contributed by atoms with Crippen molar-refractivity contribution in [2.75, 3.05) is 19.6 Å². The summed E-state index contributed by atoms with van der Waals surface area (Å²) < 4.78 is 1.87. The van der Waals surface area contributed by atoms with Gasteiger partial charge in [-0.2, -0.15) is 5.10 Å². The van der Waals surface area contributed by atoms with E-state index in [1.54, 1.807) is 6.20 Å². The number of rotatable bonds is 5. The predicted octanol–water partition coefficient (Wildman–Crippen LogP) is 2.86. The first-order chi connectivity index (χ1) is 11.9. The number of amides is 1. The molecule has 2 heterocycles. The Balaban J connectivity index is 1.47. The molecule has 134 valence electrons. The van der Waals surface area contributed by atoms with Crippen LogP contribution in [0.3, 0.4) is 0 Å². The van der Waals surface area contributed by atoms with Gasteiger partial charge in [0.2, 0.25) is 5.91 Å². The molecule has 2 aromatic rings. The molecule has 1 fully saturated rings. The van der Waals surface area contributed by atoms with Crippen molar-refractivity contribution in [1.82, 2.24) is 20.0 Å². The van der Waals surface area contributed by atoms with Gasteiger partial charge < -0.3 is 5.32 Å². The van der Waals surface area contributed by atoms with Crippen molar-refractivity contribution in [1.29, 1.82) is 0 Å². The summed E-state index contributed by atoms with van der Waals surface area (Å²) in [6.07, 6.45) is 4.89. The predicted molar refractivity (Wildman–Crippen MR) is 99.4 cm³/mol. The summed E-state index contributed by atoms with van der Waals surface area (Å²) in [5.74, 6) is 0.690. The molecule has 0 unspecified atom stereocenters. The second kappa shape index (κ2) is 7.40. The maximum absolute atomic E-state index is 12.0. The maximum Gasteiger partial charge on any atom is 0.225 e. The number of carbonyl (C=O) groups is 1. The van der Waals surface area contributed by atoms with Crippen molar-refractivity contribution < 1.29 is 4.79 Å². The van der Waals surface area contributed by atoms with Gasteiger partial charge in [0.25, 0.3) is 0 Å². The molecule has 0 aliphatic carbocycles. The van der Waals surface area contributed by atoms with Gasteiger partial charge in [-0.05, 0) is 42.6 Å². The lowest BCUT2D eigenvalue weighted by Gasteiger charge is -2.20. The molecule has 1 N–H and O–H groups in total. The molecule has 5 heteroatoms. The summed E-state index contributed by atoms with van der Waals surface area (Å²) in [5, 5.41) is 7.35. The minimum absolute atomic E-state index is 0.139. The highest BCUT2D eigenvalue weighted by Crippen LogP contribution is 2.20. The Bertz CT molecular complexity index is 685. The quantitative estimate of drug-likeness (QED) is 0.910. The number of aromatic nitrogens is 2. The lowest BCUT2D eigenvalue weighted by Crippen LogP contribution is -2.38. The van der Waals surface area contributed by atoms with E-state index in [9.17, 15) is 4.79 Å². The van der Waals surface area contributed by atoms with Crippen LogP contribution in [0.25, 0.3) is 5.69 Å². The fourth-order valence-corrected chi connectivity index (χ4v) is 3.16. The minimum atomic E-state index is -0.311. The fourth-order valence-electron chi connectivity index (χ4n) is 3.16. The van der Waals surface area contributed by atoms with Crippen LogP contribution in [0.15, 0.2) is 42.7 Å². The average Bonchev–Trinajstić information content (AvgIpc) is 3.24. The Morgan fingerprint density at radius 1 is 1.28 bits per heavy atom. The molecule has 0 bridgehead atoms. The second-order valence-corrected chi connectivity index (χ2v) is 7.97. The van der Waals surface area contributed by atoms with E-state index < -0.39 is 0 Å². The third-order valence-electron chi connectivity index (χ3n) is 4.71. The topological polar surface area (TPSA) is 50.2 Å². The number of nitrogens with zero attached hydrogens (tertiary/aromatic N) is 3. The van der Waals surface area contributed by atoms with Gasteiger partial charge in [0, 0.05) is 37.4 Å². The number of nitrogens with one attached hydrogen (secondary N) is 1. The maximum atomic E-state index is 12.0. The number of hydrogen-bond acceptors (Lipinski definition) is 3. The Kier molecular flexibility index (Phi) is 5.23. The highest BCUT2D eigenvalue weighted by atomic mass is 16.2. The Hall–Kier alpha value is -2.14. The van der Waals surface area contributed by atoms with E-state index >= 15 is 0 Å². The zero-order valence-electron chi connectivity index (χ0n) is 15.4. The fraction of sp³-hybridized carbons (Fsp3) is 0.500. The van der Waals surface area contributed by atoms with Gasteiger partial charge in [-0.25, -0.2) is 4.68 Å². The van der Waals surface area contributed by atoms with Gasteiger partial charge in [-0.3, -0.25) is 9.69 Å². The van der Waals surface area contributed by atoms with Gasteiger partial charge in [-0.15, -0.1) is 0 Å². The third kappa shape index (κ3) is 4.69. The Labute approximate surface area is 150 Å². The lowest BCUT2D eigenvalue weighted by atomic mass is 9.95. The summed E-state index contributed by atoms with van der Waals surface area (Å²) >= 11 is 0. The van der Waals surface area contributed by atoms with Crippen LogP contribution in [0.5, 0.6) is 0 Å². The molecule has 1 atom stereocenters. The van der Waals surface area contributed by atoms with Crippen molar-refractivity contribution in [3.63, 3.8) is 0 Å². The largest absolute Gasteiger partial charge is 0.355 e. The van der Waals surface area contributed by atoms with Crippen LogP contribution in [0, 0.1) is 11.3 Å². The van der Waals surface area contributed by atoms with Crippen molar-refractivity contribution in [2.45, 2.75) is 33.7 Å². The molecule has 25 heavy (non-hydrogen) atoms. The molecule has 1 aromatic heterocycles. The van der Waals surface area contributed by atoms with E-state index in [1.165, 1.54) is 5.56 Å². The molecule has 1 aliphatic rings. The molecule has 3 rings (SSSR count). The SMILES string of the molecule is CC(C)(C)C(=O)NC[C@@H]1CCN(Cc2ccc(-n3cccn3)cc2)C1. The first-order valence-corrected chi connectivity index (χ1v) is 9.01. The second-order valence-electron chi connectivity index (χ2n) is 7.97. The lowest BCUT2D eigenvalue weighted by molar-refractivity contribution is -0.128. The van der Waals surface area contributed by atoms with E-state index in [0.717, 1.165) is 38.3 Å². The molecule has 1 saturated heterocycles. The van der Waals surface area contributed by atoms with Crippen LogP contribution in [0.4, 0.5) is 0 Å². The summed E-state index contributed by atoms with van der Waals surface area (Å²) in [6.45, 7) is 9.75. The van der Waals surface area contributed by atoms with E-state index in [2.05, 4.69) is 39.6 Å². The first kappa shape index (κ1) is 17.7. The summed E-state index contributed by atoms with van der Waals surface area (Å²) in [5.41, 5.74) is 2.09. The standard InChI is InChI=1S/C20H28N4O/c1-20(2,3)19(25)21-13-17-9-12-23(15-17)14-16-5-7-18(8-6-16)24-11-4-10-22-24/h4-8,10-11,17H,9,12-15H2,1-3H3,(H,21,25)/t17-/m0/s1. The van der Waals surface area contributed by atoms with E-state index in [0.29, 0.717) is 5.92 Å². The summed E-state index contributed by atoms with van der Waals surface area (Å²) in [6, 6.07) is 10.5. The van der Waals surface area contributed by atoms with Gasteiger partial charge in [0.05, 0.1) is 5.69 Å². The van der Waals surface area contributed by atoms with Crippen LogP contribution in [0.2, 0.25) is 0 Å². The normalized spacial score (nSPS) is 18.4. The van der Waals surface area contributed by atoms with Crippen LogP contribution in [-0.4, -0.2) is 40.2 Å². The molecular weight excluding hydrogens is 312 g/mol. The Morgan fingerprint density at radius 2 is 2.04 bits per heavy atom. The molecule has 0 radical (unpaired) electrons. The van der Waals surface area contributed by atoms with E-state index in [-0.39, 0.29) is 11.3 Å². The highest BCUT2D eigenvalue weighted by molar-refractivity contribution is 5.81. The minimum Gasteiger partial charge on any atom is -0.355 e. The smallest absolute Gasteiger partial charge is 0.225 e. The molecule has 1 amide bonds. The van der Waals surface area contributed by atoms with Gasteiger partial charge in [0.1, 0.15) is 0 Å². The zero-order valence-corrected chi connectivity index (χ0v) is 15.4. The number of hydrogen-bond donors (Lipinski definition) is 1. The summed E-state index contributed by atoms with van der Waals surface area (Å²) in [7, 11) is 0. The van der Waals surface area contributed by atoms with Crippen LogP contribution in [-0.2, 0) is 11.3 Å². The molecular formula is C20H28N4O. The molecule has 0 spiro atoms. The number of benzene rings is 1. The monoisotopic (exact) mass is 340 g/mol.